The van der Waals surface area contributed by atoms with Crippen LogP contribution in [0.3, 0.4) is 0 Å². The van der Waals surface area contributed by atoms with E-state index < -0.39 is 11.7 Å². The Morgan fingerprint density at radius 3 is 2.45 bits per heavy atom. The average Bonchev–Trinajstić information content (AvgIpc) is 1.86. The van der Waals surface area contributed by atoms with E-state index in [9.17, 15) is 8.78 Å². The third-order valence-electron chi connectivity index (χ3n) is 1.27. The maximum atomic E-state index is 12.6. The second-order valence-corrected chi connectivity index (χ2v) is 2.27. The molecule has 0 saturated carbocycles. The number of hydrogen-bond donors (Lipinski definition) is 1. The Kier molecular flexibility index (Phi) is 1.91. The molecule has 0 bridgehead atoms. The van der Waals surface area contributed by atoms with Gasteiger partial charge < -0.3 is 5.11 Å². The van der Waals surface area contributed by atoms with E-state index in [-0.39, 0.29) is 5.56 Å². The minimum Gasteiger partial charge on any atom is -0.358 e. The predicted molar refractivity (Wildman–Crippen MR) is 36.8 cm³/mol. The molecule has 0 aliphatic rings. The van der Waals surface area contributed by atoms with Gasteiger partial charge in [0.2, 0.25) is 5.85 Å². The van der Waals surface area contributed by atoms with Gasteiger partial charge in [-0.25, -0.2) is 8.78 Å². The topological polar surface area (TPSA) is 20.2 Å². The lowest BCUT2D eigenvalue weighted by Gasteiger charge is -2.11. The van der Waals surface area contributed by atoms with Crippen LogP contribution in [0.1, 0.15) is 5.56 Å². The predicted octanol–water partition coefficient (Wildman–Crippen LogP) is 1.77. The molecule has 1 nitrogen and oxygen atoms in total. The van der Waals surface area contributed by atoms with Crippen molar-refractivity contribution in [1.29, 1.82) is 0 Å². The molecule has 0 aliphatic heterocycles. The van der Waals surface area contributed by atoms with Crippen molar-refractivity contribution in [2.75, 3.05) is 0 Å². The van der Waals surface area contributed by atoms with Gasteiger partial charge in [-0.1, -0.05) is 12.1 Å². The van der Waals surface area contributed by atoms with E-state index in [1.165, 1.54) is 12.1 Å². The van der Waals surface area contributed by atoms with Gasteiger partial charge in [0.15, 0.2) is 0 Å². The molecule has 1 aromatic carbocycles. The molecule has 0 saturated heterocycles. The molecule has 1 atom stereocenters. The summed E-state index contributed by atoms with van der Waals surface area (Å²) in [5, 5.41) is 8.67. The first-order valence-electron chi connectivity index (χ1n) is 3.03. The first kappa shape index (κ1) is 8.14. The van der Waals surface area contributed by atoms with Crippen molar-refractivity contribution in [2.24, 2.45) is 0 Å². The molecule has 11 heavy (non-hydrogen) atoms. The Morgan fingerprint density at radius 1 is 1.45 bits per heavy atom. The van der Waals surface area contributed by atoms with Crippen LogP contribution in [0.5, 0.6) is 0 Å². The fourth-order valence-electron chi connectivity index (χ4n) is 0.727. The number of benzene rings is 1. The van der Waals surface area contributed by atoms with Gasteiger partial charge >= 0.3 is 0 Å². The fourth-order valence-corrected chi connectivity index (χ4v) is 0.727. The van der Waals surface area contributed by atoms with Gasteiger partial charge in [-0.05, 0) is 12.1 Å². The van der Waals surface area contributed by atoms with Gasteiger partial charge in [0.25, 0.3) is 0 Å². The summed E-state index contributed by atoms with van der Waals surface area (Å²) >= 11 is 0. The van der Waals surface area contributed by atoms with Crippen LogP contribution in [0.25, 0.3) is 0 Å². The van der Waals surface area contributed by atoms with Gasteiger partial charge in [0, 0.05) is 12.5 Å². The molecule has 1 rings (SSSR count). The van der Waals surface area contributed by atoms with Crippen molar-refractivity contribution in [2.45, 2.75) is 5.85 Å². The van der Waals surface area contributed by atoms with E-state index in [2.05, 4.69) is 6.92 Å². The fraction of sp³-hybridized carbons (Fsp3) is 0.125. The minimum absolute atomic E-state index is 0.183. The first-order valence-corrected chi connectivity index (χ1v) is 3.03. The SMILES string of the molecule is [CH2]C(O)(F)c1cccc(F)c1. The number of rotatable bonds is 1. The third kappa shape index (κ3) is 1.98. The molecular formula is C8H7F2O. The Morgan fingerprint density at radius 2 is 2.09 bits per heavy atom. The summed E-state index contributed by atoms with van der Waals surface area (Å²) in [5.41, 5.74) is -0.183. The van der Waals surface area contributed by atoms with Crippen LogP contribution in [0, 0.1) is 12.7 Å². The molecule has 0 aliphatic carbocycles. The maximum Gasteiger partial charge on any atom is 0.233 e. The summed E-state index contributed by atoms with van der Waals surface area (Å²) in [6.07, 6.45) is 0. The van der Waals surface area contributed by atoms with Crippen LogP contribution in [0.15, 0.2) is 24.3 Å². The largest absolute Gasteiger partial charge is 0.358 e. The van der Waals surface area contributed by atoms with Crippen LogP contribution in [-0.2, 0) is 5.85 Å². The van der Waals surface area contributed by atoms with Gasteiger partial charge in [-0.3, -0.25) is 0 Å². The molecule has 1 aromatic rings. The molecule has 59 valence electrons. The zero-order chi connectivity index (χ0) is 8.48. The Hall–Kier alpha value is -0.960. The van der Waals surface area contributed by atoms with Crippen LogP contribution in [-0.4, -0.2) is 5.11 Å². The normalized spacial score (nSPS) is 16.0. The average molecular weight is 157 g/mol. The summed E-state index contributed by atoms with van der Waals surface area (Å²) in [5.74, 6) is -3.30. The summed E-state index contributed by atoms with van der Waals surface area (Å²) < 4.78 is 25.0. The zero-order valence-electron chi connectivity index (χ0n) is 5.72. The van der Waals surface area contributed by atoms with E-state index in [4.69, 9.17) is 5.11 Å². The van der Waals surface area contributed by atoms with Crippen LogP contribution in [0.4, 0.5) is 8.78 Å². The van der Waals surface area contributed by atoms with Crippen molar-refractivity contribution in [3.63, 3.8) is 0 Å². The summed E-state index contributed by atoms with van der Waals surface area (Å²) in [7, 11) is 0. The van der Waals surface area contributed by atoms with Crippen LogP contribution >= 0.6 is 0 Å². The molecule has 0 fully saturated rings. The highest BCUT2D eigenvalue weighted by Crippen LogP contribution is 2.21. The van der Waals surface area contributed by atoms with Crippen molar-refractivity contribution in [3.05, 3.63) is 42.6 Å². The van der Waals surface area contributed by atoms with E-state index in [0.29, 0.717) is 0 Å². The maximum absolute atomic E-state index is 12.6. The van der Waals surface area contributed by atoms with Crippen LogP contribution < -0.4 is 0 Å². The highest BCUT2D eigenvalue weighted by molar-refractivity contribution is 5.21. The quantitative estimate of drug-likeness (QED) is 0.658. The number of alkyl halides is 1. The molecule has 1 unspecified atom stereocenters. The highest BCUT2D eigenvalue weighted by atomic mass is 19.2. The highest BCUT2D eigenvalue weighted by Gasteiger charge is 2.21. The van der Waals surface area contributed by atoms with Crippen molar-refractivity contribution in [3.8, 4) is 0 Å². The van der Waals surface area contributed by atoms with Gasteiger partial charge in [0.1, 0.15) is 5.82 Å². The molecule has 0 spiro atoms. The molecule has 1 radical (unpaired) electrons. The summed E-state index contributed by atoms with van der Waals surface area (Å²) in [4.78, 5) is 0. The van der Waals surface area contributed by atoms with Gasteiger partial charge in [-0.2, -0.15) is 0 Å². The Balaban J connectivity index is 3.06. The Labute approximate surface area is 63.3 Å². The lowest BCUT2D eigenvalue weighted by atomic mass is 10.1. The lowest BCUT2D eigenvalue weighted by Crippen LogP contribution is -2.13. The van der Waals surface area contributed by atoms with E-state index in [1.54, 1.807) is 0 Å². The molecule has 1 N–H and O–H groups in total. The van der Waals surface area contributed by atoms with E-state index >= 15 is 0 Å². The molecule has 0 amide bonds. The second kappa shape index (κ2) is 2.58. The van der Waals surface area contributed by atoms with Gasteiger partial charge in [-0.15, -0.1) is 0 Å². The minimum atomic E-state index is -2.71. The van der Waals surface area contributed by atoms with Crippen molar-refractivity contribution in [1.82, 2.24) is 0 Å². The monoisotopic (exact) mass is 157 g/mol. The summed E-state index contributed by atoms with van der Waals surface area (Å²) in [6.45, 7) is 2.80. The molecular weight excluding hydrogens is 150 g/mol. The smallest absolute Gasteiger partial charge is 0.233 e. The third-order valence-corrected chi connectivity index (χ3v) is 1.27. The molecule has 0 aromatic heterocycles. The number of aliphatic hydroxyl groups is 1. The zero-order valence-corrected chi connectivity index (χ0v) is 5.72. The Bertz CT molecular complexity index is 253. The standard InChI is InChI=1S/C8H7F2O/c1-8(10,11)6-3-2-4-7(9)5-6/h2-5,11H,1H2. The number of hydrogen-bond acceptors (Lipinski definition) is 1. The van der Waals surface area contributed by atoms with E-state index in [1.807, 2.05) is 0 Å². The van der Waals surface area contributed by atoms with E-state index in [0.717, 1.165) is 12.1 Å². The van der Waals surface area contributed by atoms with Crippen LogP contribution in [0.2, 0.25) is 0 Å². The second-order valence-electron chi connectivity index (χ2n) is 2.27. The van der Waals surface area contributed by atoms with Crippen molar-refractivity contribution >= 4 is 0 Å². The lowest BCUT2D eigenvalue weighted by molar-refractivity contribution is -0.0502. The molecule has 0 heterocycles. The first-order chi connectivity index (χ1) is 5.00. The number of halogens is 2. The van der Waals surface area contributed by atoms with Crippen molar-refractivity contribution < 1.29 is 13.9 Å². The molecule has 3 heteroatoms. The summed E-state index contributed by atoms with van der Waals surface area (Å²) in [6, 6.07) is 4.62. The van der Waals surface area contributed by atoms with Gasteiger partial charge in [0.05, 0.1) is 0 Å².